The van der Waals surface area contributed by atoms with Gasteiger partial charge in [0, 0.05) is 16.8 Å². The highest BCUT2D eigenvalue weighted by Gasteiger charge is 2.34. The maximum absolute atomic E-state index is 12.7. The summed E-state index contributed by atoms with van der Waals surface area (Å²) >= 11 is 6.61. The molecule has 0 atom stereocenters. The molecule has 120 valence electrons. The zero-order valence-corrected chi connectivity index (χ0v) is 13.1. The molecular weight excluding hydrogens is 353 g/mol. The third-order valence-electron chi connectivity index (χ3n) is 3.09. The number of aromatic nitrogens is 2. The third kappa shape index (κ3) is 2.79. The lowest BCUT2D eigenvalue weighted by molar-refractivity contribution is -0.137. The van der Waals surface area contributed by atoms with E-state index in [0.717, 1.165) is 0 Å². The van der Waals surface area contributed by atoms with Crippen LogP contribution in [0.25, 0.3) is 22.3 Å². The van der Waals surface area contributed by atoms with Gasteiger partial charge in [-0.1, -0.05) is 11.6 Å². The predicted octanol–water partition coefficient (Wildman–Crippen LogP) is 4.74. The highest BCUT2D eigenvalue weighted by atomic mass is 35.5. The molecular formula is C14H8ClF3N2O2S. The van der Waals surface area contributed by atoms with Gasteiger partial charge >= 0.3 is 6.18 Å². The number of pyridine rings is 1. The van der Waals surface area contributed by atoms with Crippen molar-refractivity contribution in [1.82, 2.24) is 9.97 Å². The smallest absolute Gasteiger partial charge is 0.443 e. The standard InChI is InChI=1S/C14H8ClF3N2O2S/c1-22-10-3-2-6-9(21)4-7(19-12(6)11(10)15)8-5-23-13(20-8)14(16,17)18/h2-5H,1H3,(H,19,21). The topological polar surface area (TPSA) is 55.2 Å². The van der Waals surface area contributed by atoms with E-state index in [1.165, 1.54) is 18.6 Å². The van der Waals surface area contributed by atoms with Gasteiger partial charge in [-0.05, 0) is 12.1 Å². The van der Waals surface area contributed by atoms with Crippen LogP contribution in [0.3, 0.4) is 0 Å². The molecule has 0 spiro atoms. The molecule has 9 heteroatoms. The number of nitrogens with zero attached hydrogens (tertiary/aromatic N) is 2. The van der Waals surface area contributed by atoms with Gasteiger partial charge in [0.1, 0.15) is 22.2 Å². The van der Waals surface area contributed by atoms with E-state index in [0.29, 0.717) is 22.5 Å². The first kappa shape index (κ1) is 15.8. The molecule has 0 bridgehead atoms. The van der Waals surface area contributed by atoms with Gasteiger partial charge in [0.2, 0.25) is 0 Å². The fourth-order valence-electron chi connectivity index (χ4n) is 2.03. The molecule has 2 heterocycles. The minimum atomic E-state index is -4.53. The number of aromatic hydroxyl groups is 1. The molecule has 3 rings (SSSR count). The van der Waals surface area contributed by atoms with E-state index in [1.807, 2.05) is 0 Å². The molecule has 0 saturated heterocycles. The first-order valence-electron chi connectivity index (χ1n) is 6.20. The number of rotatable bonds is 2. The zero-order valence-electron chi connectivity index (χ0n) is 11.5. The van der Waals surface area contributed by atoms with E-state index >= 15 is 0 Å². The number of ether oxygens (including phenoxy) is 1. The summed E-state index contributed by atoms with van der Waals surface area (Å²) in [6.45, 7) is 0. The van der Waals surface area contributed by atoms with Gasteiger partial charge in [-0.3, -0.25) is 0 Å². The number of fused-ring (bicyclic) bond motifs is 1. The molecule has 3 aromatic rings. The summed E-state index contributed by atoms with van der Waals surface area (Å²) in [6, 6.07) is 4.38. The van der Waals surface area contributed by atoms with Crippen molar-refractivity contribution >= 4 is 33.8 Å². The molecule has 1 N–H and O–H groups in total. The van der Waals surface area contributed by atoms with Crippen LogP contribution in [-0.2, 0) is 6.18 Å². The number of hydrogen-bond donors (Lipinski definition) is 1. The molecule has 0 aliphatic rings. The van der Waals surface area contributed by atoms with E-state index in [2.05, 4.69) is 9.97 Å². The Morgan fingerprint density at radius 3 is 2.57 bits per heavy atom. The summed E-state index contributed by atoms with van der Waals surface area (Å²) in [4.78, 5) is 7.73. The summed E-state index contributed by atoms with van der Waals surface area (Å²) in [5, 5.41) is 10.9. The second-order valence-corrected chi connectivity index (χ2v) is 5.78. The van der Waals surface area contributed by atoms with Crippen molar-refractivity contribution in [2.75, 3.05) is 7.11 Å². The van der Waals surface area contributed by atoms with Crippen LogP contribution in [0.15, 0.2) is 23.6 Å². The van der Waals surface area contributed by atoms with Crippen molar-refractivity contribution in [3.8, 4) is 22.9 Å². The Morgan fingerprint density at radius 2 is 1.96 bits per heavy atom. The van der Waals surface area contributed by atoms with Crippen LogP contribution < -0.4 is 4.74 Å². The van der Waals surface area contributed by atoms with Gasteiger partial charge in [-0.25, -0.2) is 9.97 Å². The van der Waals surface area contributed by atoms with E-state index in [-0.39, 0.29) is 27.7 Å². The Balaban J connectivity index is 2.19. The molecule has 0 saturated carbocycles. The highest BCUT2D eigenvalue weighted by molar-refractivity contribution is 7.10. The summed E-state index contributed by atoms with van der Waals surface area (Å²) in [5.41, 5.74) is 0.331. The molecule has 0 unspecified atom stereocenters. The van der Waals surface area contributed by atoms with Crippen LogP contribution in [0.2, 0.25) is 5.02 Å². The Kier molecular flexibility index (Phi) is 3.81. The summed E-state index contributed by atoms with van der Waals surface area (Å²) in [6.07, 6.45) is -4.53. The predicted molar refractivity (Wildman–Crippen MR) is 81.1 cm³/mol. The average Bonchev–Trinajstić information content (AvgIpc) is 2.98. The van der Waals surface area contributed by atoms with Gasteiger partial charge in [0.15, 0.2) is 5.01 Å². The van der Waals surface area contributed by atoms with Gasteiger partial charge < -0.3 is 9.84 Å². The molecule has 0 radical (unpaired) electrons. The average molecular weight is 361 g/mol. The lowest BCUT2D eigenvalue weighted by Gasteiger charge is -2.08. The Labute approximate surface area is 137 Å². The van der Waals surface area contributed by atoms with Crippen LogP contribution in [0.5, 0.6) is 11.5 Å². The van der Waals surface area contributed by atoms with Crippen LogP contribution in [0.4, 0.5) is 13.2 Å². The SMILES string of the molecule is COc1ccc2c(O)cc(-c3csc(C(F)(F)F)n3)nc2c1Cl. The van der Waals surface area contributed by atoms with Crippen molar-refractivity contribution < 1.29 is 23.0 Å². The number of halogens is 4. The second-order valence-electron chi connectivity index (χ2n) is 4.54. The monoisotopic (exact) mass is 360 g/mol. The Bertz CT molecular complexity index is 896. The normalized spacial score (nSPS) is 11.9. The van der Waals surface area contributed by atoms with Crippen LogP contribution in [0.1, 0.15) is 5.01 Å². The van der Waals surface area contributed by atoms with Crippen molar-refractivity contribution in [1.29, 1.82) is 0 Å². The molecule has 0 aliphatic heterocycles. The van der Waals surface area contributed by atoms with E-state index in [1.54, 1.807) is 12.1 Å². The quantitative estimate of drug-likeness (QED) is 0.717. The largest absolute Gasteiger partial charge is 0.507 e. The first-order chi connectivity index (χ1) is 10.8. The molecule has 0 fully saturated rings. The van der Waals surface area contributed by atoms with Crippen molar-refractivity contribution in [3.63, 3.8) is 0 Å². The third-order valence-corrected chi connectivity index (χ3v) is 4.34. The highest BCUT2D eigenvalue weighted by Crippen LogP contribution is 2.39. The number of alkyl halides is 3. The maximum Gasteiger partial charge on any atom is 0.443 e. The molecule has 23 heavy (non-hydrogen) atoms. The van der Waals surface area contributed by atoms with Crippen molar-refractivity contribution in [2.24, 2.45) is 0 Å². The van der Waals surface area contributed by atoms with E-state index in [9.17, 15) is 18.3 Å². The zero-order chi connectivity index (χ0) is 16.8. The second kappa shape index (κ2) is 5.54. The molecule has 2 aromatic heterocycles. The number of thiazole rings is 1. The summed E-state index contributed by atoms with van der Waals surface area (Å²) in [5.74, 6) is 0.189. The molecule has 4 nitrogen and oxygen atoms in total. The minimum Gasteiger partial charge on any atom is -0.507 e. The van der Waals surface area contributed by atoms with Gasteiger partial charge in [-0.15, -0.1) is 11.3 Å². The van der Waals surface area contributed by atoms with Gasteiger partial charge in [-0.2, -0.15) is 13.2 Å². The van der Waals surface area contributed by atoms with Crippen molar-refractivity contribution in [3.05, 3.63) is 33.6 Å². The lowest BCUT2D eigenvalue weighted by atomic mass is 10.1. The fraction of sp³-hybridized carbons (Fsp3) is 0.143. The van der Waals surface area contributed by atoms with Gasteiger partial charge in [0.25, 0.3) is 0 Å². The van der Waals surface area contributed by atoms with Crippen LogP contribution >= 0.6 is 22.9 Å². The Hall–Kier alpha value is -2.06. The lowest BCUT2D eigenvalue weighted by Crippen LogP contribution is -2.03. The maximum atomic E-state index is 12.7. The molecule has 0 aliphatic carbocycles. The Morgan fingerprint density at radius 1 is 1.22 bits per heavy atom. The first-order valence-corrected chi connectivity index (χ1v) is 7.46. The number of methoxy groups -OCH3 is 1. The van der Waals surface area contributed by atoms with E-state index < -0.39 is 11.2 Å². The van der Waals surface area contributed by atoms with Gasteiger partial charge in [0.05, 0.1) is 18.3 Å². The number of benzene rings is 1. The van der Waals surface area contributed by atoms with Crippen LogP contribution in [-0.4, -0.2) is 22.2 Å². The van der Waals surface area contributed by atoms with Crippen molar-refractivity contribution in [2.45, 2.75) is 6.18 Å². The van der Waals surface area contributed by atoms with Crippen LogP contribution in [0, 0.1) is 0 Å². The summed E-state index contributed by atoms with van der Waals surface area (Å²) in [7, 11) is 1.42. The molecule has 1 aromatic carbocycles. The minimum absolute atomic E-state index is 0.0124. The number of hydrogen-bond acceptors (Lipinski definition) is 5. The molecule has 0 amide bonds. The van der Waals surface area contributed by atoms with E-state index in [4.69, 9.17) is 16.3 Å². The fourth-order valence-corrected chi connectivity index (χ4v) is 3.00. The summed E-state index contributed by atoms with van der Waals surface area (Å²) < 4.78 is 43.0.